The zero-order valence-corrected chi connectivity index (χ0v) is 18.8. The van der Waals surface area contributed by atoms with Crippen LogP contribution < -0.4 is 15.5 Å². The van der Waals surface area contributed by atoms with Gasteiger partial charge in [0.1, 0.15) is 5.82 Å². The molecule has 1 aliphatic rings. The number of aliphatic imine (C=N–C) groups is 1. The molecule has 1 heterocycles. The molecule has 2 N–H and O–H groups in total. The molecule has 0 radical (unpaired) electrons. The summed E-state index contributed by atoms with van der Waals surface area (Å²) in [6, 6.07) is 9.05. The lowest BCUT2D eigenvalue weighted by molar-refractivity contribution is 0.508. The molecule has 0 aliphatic carbocycles. The van der Waals surface area contributed by atoms with Crippen LogP contribution in [0.5, 0.6) is 0 Å². The van der Waals surface area contributed by atoms with E-state index in [9.17, 15) is 13.2 Å². The highest BCUT2D eigenvalue weighted by atomic mass is 127. The first-order valence-corrected chi connectivity index (χ1v) is 9.36. The molecule has 158 valence electrons. The molecule has 0 amide bonds. The maximum Gasteiger partial charge on any atom is 0.191 e. The number of hydrogen-bond acceptors (Lipinski definition) is 2. The Labute approximate surface area is 186 Å². The largest absolute Gasteiger partial charge is 0.371 e. The summed E-state index contributed by atoms with van der Waals surface area (Å²) >= 11 is 0. The minimum atomic E-state index is -0.826. The molecule has 0 saturated carbocycles. The number of nitrogens with zero attached hydrogens (tertiary/aromatic N) is 2. The van der Waals surface area contributed by atoms with Gasteiger partial charge in [-0.2, -0.15) is 0 Å². The second-order valence-corrected chi connectivity index (χ2v) is 7.09. The molecule has 1 saturated heterocycles. The maximum absolute atomic E-state index is 13.4. The first kappa shape index (κ1) is 23.3. The van der Waals surface area contributed by atoms with Crippen LogP contribution in [0.4, 0.5) is 18.9 Å². The molecule has 2 aromatic carbocycles. The number of halogens is 4. The summed E-state index contributed by atoms with van der Waals surface area (Å²) in [4.78, 5) is 6.28. The molecule has 1 atom stereocenters. The first-order chi connectivity index (χ1) is 13.5. The Morgan fingerprint density at radius 3 is 2.52 bits per heavy atom. The number of rotatable bonds is 5. The van der Waals surface area contributed by atoms with Crippen molar-refractivity contribution in [2.45, 2.75) is 19.9 Å². The minimum Gasteiger partial charge on any atom is -0.371 e. The number of nitrogens with one attached hydrogen (secondary N) is 2. The molecule has 0 spiro atoms. The van der Waals surface area contributed by atoms with Gasteiger partial charge >= 0.3 is 0 Å². The van der Waals surface area contributed by atoms with Crippen molar-refractivity contribution in [1.82, 2.24) is 10.6 Å². The zero-order valence-electron chi connectivity index (χ0n) is 16.5. The van der Waals surface area contributed by atoms with Crippen molar-refractivity contribution in [3.8, 4) is 0 Å². The molecule has 0 aromatic heterocycles. The Morgan fingerprint density at radius 1 is 1.07 bits per heavy atom. The van der Waals surface area contributed by atoms with E-state index in [1.807, 2.05) is 6.07 Å². The Balaban J connectivity index is 0.00000300. The van der Waals surface area contributed by atoms with Crippen LogP contribution in [-0.2, 0) is 6.54 Å². The SMILES string of the molecule is CN=C(NCc1ccc(F)c(C)c1)NCC1CCN(c2ccc(F)c(F)c2)C1.I. The summed E-state index contributed by atoms with van der Waals surface area (Å²) in [6.07, 6.45) is 0.958. The Morgan fingerprint density at radius 2 is 1.83 bits per heavy atom. The summed E-state index contributed by atoms with van der Waals surface area (Å²) in [5, 5.41) is 6.53. The first-order valence-electron chi connectivity index (χ1n) is 9.36. The number of benzene rings is 2. The van der Waals surface area contributed by atoms with Crippen molar-refractivity contribution >= 4 is 35.6 Å². The lowest BCUT2D eigenvalue weighted by Crippen LogP contribution is -2.40. The average molecular weight is 518 g/mol. The van der Waals surface area contributed by atoms with Gasteiger partial charge in [-0.3, -0.25) is 4.99 Å². The highest BCUT2D eigenvalue weighted by Gasteiger charge is 2.23. The predicted octanol–water partition coefficient (Wildman–Crippen LogP) is 4.22. The fraction of sp³-hybridized carbons (Fsp3) is 0.381. The predicted molar refractivity (Wildman–Crippen MR) is 121 cm³/mol. The van der Waals surface area contributed by atoms with E-state index >= 15 is 0 Å². The number of guanidine groups is 1. The Bertz CT molecular complexity index is 860. The molecule has 2 aromatic rings. The molecular formula is C21H26F3IN4. The third kappa shape index (κ3) is 6.25. The molecule has 29 heavy (non-hydrogen) atoms. The van der Waals surface area contributed by atoms with Crippen molar-refractivity contribution in [3.63, 3.8) is 0 Å². The molecule has 3 rings (SSSR count). The van der Waals surface area contributed by atoms with Gasteiger partial charge in [-0.15, -0.1) is 24.0 Å². The quantitative estimate of drug-likeness (QED) is 0.354. The van der Waals surface area contributed by atoms with Crippen molar-refractivity contribution in [1.29, 1.82) is 0 Å². The van der Waals surface area contributed by atoms with E-state index in [4.69, 9.17) is 0 Å². The zero-order chi connectivity index (χ0) is 20.1. The smallest absolute Gasteiger partial charge is 0.191 e. The van der Waals surface area contributed by atoms with Crippen LogP contribution in [0.3, 0.4) is 0 Å². The fourth-order valence-corrected chi connectivity index (χ4v) is 3.38. The van der Waals surface area contributed by atoms with Crippen molar-refractivity contribution in [2.75, 3.05) is 31.6 Å². The average Bonchev–Trinajstić information content (AvgIpc) is 3.16. The van der Waals surface area contributed by atoms with Gasteiger partial charge in [-0.1, -0.05) is 12.1 Å². The van der Waals surface area contributed by atoms with E-state index in [1.165, 1.54) is 18.2 Å². The van der Waals surface area contributed by atoms with Crippen LogP contribution in [0.1, 0.15) is 17.5 Å². The highest BCUT2D eigenvalue weighted by molar-refractivity contribution is 14.0. The lowest BCUT2D eigenvalue weighted by Gasteiger charge is -2.19. The molecule has 1 aliphatic heterocycles. The van der Waals surface area contributed by atoms with E-state index in [-0.39, 0.29) is 29.8 Å². The van der Waals surface area contributed by atoms with Gasteiger partial charge in [0.2, 0.25) is 0 Å². The standard InChI is InChI=1S/C21H25F3N4.HI/c1-14-9-15(3-5-18(14)22)11-26-21(25-2)27-12-16-7-8-28(13-16)17-4-6-19(23)20(24)10-17;/h3-6,9-10,16H,7-8,11-13H2,1-2H3,(H2,25,26,27);1H. The van der Waals surface area contributed by atoms with E-state index in [2.05, 4.69) is 20.5 Å². The minimum absolute atomic E-state index is 0. The lowest BCUT2D eigenvalue weighted by atomic mass is 10.1. The monoisotopic (exact) mass is 518 g/mol. The van der Waals surface area contributed by atoms with Crippen LogP contribution in [0.25, 0.3) is 0 Å². The van der Waals surface area contributed by atoms with Gasteiger partial charge < -0.3 is 15.5 Å². The number of anilines is 1. The second-order valence-electron chi connectivity index (χ2n) is 7.09. The summed E-state index contributed by atoms with van der Waals surface area (Å²) in [6.45, 7) is 4.59. The summed E-state index contributed by atoms with van der Waals surface area (Å²) in [5.41, 5.74) is 2.30. The summed E-state index contributed by atoms with van der Waals surface area (Å²) in [5.74, 6) is -0.807. The highest BCUT2D eigenvalue weighted by Crippen LogP contribution is 2.25. The number of aryl methyl sites for hydroxylation is 1. The van der Waals surface area contributed by atoms with Crippen LogP contribution in [0, 0.1) is 30.3 Å². The summed E-state index contributed by atoms with van der Waals surface area (Å²) in [7, 11) is 1.70. The van der Waals surface area contributed by atoms with Crippen LogP contribution in [0.15, 0.2) is 41.4 Å². The molecule has 0 bridgehead atoms. The second kappa shape index (κ2) is 10.7. The Hall–Kier alpha value is -1.97. The van der Waals surface area contributed by atoms with E-state index in [0.717, 1.165) is 31.6 Å². The van der Waals surface area contributed by atoms with Gasteiger partial charge in [0.05, 0.1) is 0 Å². The molecule has 8 heteroatoms. The van der Waals surface area contributed by atoms with Gasteiger partial charge in [-0.05, 0) is 48.6 Å². The van der Waals surface area contributed by atoms with Gasteiger partial charge in [-0.25, -0.2) is 13.2 Å². The topological polar surface area (TPSA) is 39.7 Å². The van der Waals surface area contributed by atoms with Crippen LogP contribution in [-0.4, -0.2) is 32.6 Å². The Kier molecular flexibility index (Phi) is 8.60. The number of hydrogen-bond donors (Lipinski definition) is 2. The van der Waals surface area contributed by atoms with E-state index < -0.39 is 11.6 Å². The van der Waals surface area contributed by atoms with Gasteiger partial charge in [0, 0.05) is 45.0 Å². The van der Waals surface area contributed by atoms with Gasteiger partial charge in [0.15, 0.2) is 17.6 Å². The third-order valence-electron chi connectivity index (χ3n) is 5.02. The maximum atomic E-state index is 13.4. The molecule has 1 fully saturated rings. The molecule has 4 nitrogen and oxygen atoms in total. The normalized spacial score (nSPS) is 16.5. The third-order valence-corrected chi connectivity index (χ3v) is 5.02. The van der Waals surface area contributed by atoms with E-state index in [1.54, 1.807) is 26.1 Å². The summed E-state index contributed by atoms with van der Waals surface area (Å²) < 4.78 is 39.9. The fourth-order valence-electron chi connectivity index (χ4n) is 3.38. The van der Waals surface area contributed by atoms with E-state index in [0.29, 0.717) is 29.7 Å². The van der Waals surface area contributed by atoms with Crippen molar-refractivity contribution in [2.24, 2.45) is 10.9 Å². The van der Waals surface area contributed by atoms with Crippen molar-refractivity contribution in [3.05, 3.63) is 65.0 Å². The van der Waals surface area contributed by atoms with Crippen LogP contribution >= 0.6 is 24.0 Å². The molecule has 1 unspecified atom stereocenters. The van der Waals surface area contributed by atoms with Crippen molar-refractivity contribution < 1.29 is 13.2 Å². The van der Waals surface area contributed by atoms with Gasteiger partial charge in [0.25, 0.3) is 0 Å². The molecular weight excluding hydrogens is 492 g/mol. The van der Waals surface area contributed by atoms with Crippen LogP contribution in [0.2, 0.25) is 0 Å².